The smallest absolute Gasteiger partial charge is 0.315 e. The topological polar surface area (TPSA) is 70.2 Å². The normalized spacial score (nSPS) is 13.0. The molecule has 5 nitrogen and oxygen atoms in total. The van der Waals surface area contributed by atoms with E-state index in [0.29, 0.717) is 13.0 Å². The zero-order valence-corrected chi connectivity index (χ0v) is 15.6. The van der Waals surface area contributed by atoms with E-state index in [1.807, 2.05) is 38.1 Å². The fourth-order valence-electron chi connectivity index (χ4n) is 2.22. The highest BCUT2D eigenvalue weighted by Crippen LogP contribution is 2.18. The quantitative estimate of drug-likeness (QED) is 0.642. The van der Waals surface area contributed by atoms with Gasteiger partial charge in [0.2, 0.25) is 5.91 Å². The molecule has 3 amide bonds. The van der Waals surface area contributed by atoms with Crippen molar-refractivity contribution in [2.24, 2.45) is 0 Å². The van der Waals surface area contributed by atoms with Gasteiger partial charge in [-0.25, -0.2) is 4.79 Å². The summed E-state index contributed by atoms with van der Waals surface area (Å²) in [7, 11) is 0. The molecule has 128 valence electrons. The molecule has 0 bridgehead atoms. The summed E-state index contributed by atoms with van der Waals surface area (Å²) < 4.78 is 0.971. The van der Waals surface area contributed by atoms with E-state index in [0.717, 1.165) is 22.9 Å². The molecule has 2 unspecified atom stereocenters. The zero-order valence-electron chi connectivity index (χ0n) is 14.0. The minimum absolute atomic E-state index is 0.125. The average Bonchev–Trinajstić information content (AvgIpc) is 2.51. The Bertz CT molecular complexity index is 522. The molecule has 0 heterocycles. The van der Waals surface area contributed by atoms with Crippen molar-refractivity contribution in [3.8, 4) is 0 Å². The monoisotopic (exact) mass is 383 g/mol. The first-order valence-corrected chi connectivity index (χ1v) is 8.87. The van der Waals surface area contributed by atoms with Crippen LogP contribution in [0, 0.1) is 0 Å². The van der Waals surface area contributed by atoms with Crippen LogP contribution in [-0.4, -0.2) is 24.5 Å². The molecular weight excluding hydrogens is 358 g/mol. The van der Waals surface area contributed by atoms with Gasteiger partial charge >= 0.3 is 6.03 Å². The maximum absolute atomic E-state index is 12.5. The molecule has 0 fully saturated rings. The second-order valence-electron chi connectivity index (χ2n) is 5.48. The number of carbonyl (C=O) groups excluding carboxylic acids is 2. The number of unbranched alkanes of at least 4 members (excludes halogenated alkanes) is 1. The molecule has 0 saturated carbocycles. The van der Waals surface area contributed by atoms with Gasteiger partial charge in [0.15, 0.2) is 0 Å². The van der Waals surface area contributed by atoms with Gasteiger partial charge < -0.3 is 16.0 Å². The highest BCUT2D eigenvalue weighted by atomic mass is 79.9. The van der Waals surface area contributed by atoms with E-state index in [4.69, 9.17) is 0 Å². The molecule has 23 heavy (non-hydrogen) atoms. The number of benzene rings is 1. The summed E-state index contributed by atoms with van der Waals surface area (Å²) in [5, 5.41) is 8.39. The first-order valence-electron chi connectivity index (χ1n) is 8.08. The van der Waals surface area contributed by atoms with Crippen LogP contribution in [0.25, 0.3) is 0 Å². The van der Waals surface area contributed by atoms with Crippen molar-refractivity contribution in [1.82, 2.24) is 16.0 Å². The number of nitrogens with one attached hydrogen (secondary N) is 3. The van der Waals surface area contributed by atoms with E-state index in [2.05, 4.69) is 38.8 Å². The predicted molar refractivity (Wildman–Crippen MR) is 96.2 cm³/mol. The van der Waals surface area contributed by atoms with Crippen LogP contribution in [0.4, 0.5) is 4.79 Å². The number of hydrogen-bond acceptors (Lipinski definition) is 2. The van der Waals surface area contributed by atoms with Gasteiger partial charge in [-0.05, 0) is 38.0 Å². The summed E-state index contributed by atoms with van der Waals surface area (Å²) in [4.78, 5) is 24.2. The second-order valence-corrected chi connectivity index (χ2v) is 6.40. The van der Waals surface area contributed by atoms with Gasteiger partial charge in [0, 0.05) is 11.0 Å². The summed E-state index contributed by atoms with van der Waals surface area (Å²) in [5.41, 5.74) is 1.01. The lowest BCUT2D eigenvalue weighted by Crippen LogP contribution is -2.50. The van der Waals surface area contributed by atoms with E-state index in [9.17, 15) is 9.59 Å². The Hall–Kier alpha value is -1.56. The molecule has 1 aromatic rings. The molecule has 1 rings (SSSR count). The van der Waals surface area contributed by atoms with Crippen molar-refractivity contribution >= 4 is 27.9 Å². The van der Waals surface area contributed by atoms with E-state index < -0.39 is 6.04 Å². The van der Waals surface area contributed by atoms with Crippen molar-refractivity contribution in [2.75, 3.05) is 6.54 Å². The number of amides is 3. The molecule has 2 atom stereocenters. The number of carbonyl (C=O) groups is 2. The van der Waals surface area contributed by atoms with E-state index in [1.54, 1.807) is 0 Å². The third-order valence-electron chi connectivity index (χ3n) is 3.51. The molecule has 0 aromatic heterocycles. The largest absolute Gasteiger partial charge is 0.348 e. The molecule has 6 heteroatoms. The van der Waals surface area contributed by atoms with Crippen LogP contribution in [0.3, 0.4) is 0 Å². The number of hydrogen-bond donors (Lipinski definition) is 3. The first-order chi connectivity index (χ1) is 11.0. The lowest BCUT2D eigenvalue weighted by molar-refractivity contribution is -0.123. The summed E-state index contributed by atoms with van der Waals surface area (Å²) in [5.74, 6) is -0.155. The molecule has 0 spiro atoms. The number of halogens is 1. The third-order valence-corrected chi connectivity index (χ3v) is 4.01. The fraction of sp³-hybridized carbons (Fsp3) is 0.529. The van der Waals surface area contributed by atoms with Crippen molar-refractivity contribution < 1.29 is 9.59 Å². The molecule has 3 N–H and O–H groups in total. The van der Waals surface area contributed by atoms with Crippen LogP contribution < -0.4 is 16.0 Å². The van der Waals surface area contributed by atoms with Gasteiger partial charge in [0.1, 0.15) is 6.04 Å². The Balaban J connectivity index is 2.69. The first kappa shape index (κ1) is 19.5. The van der Waals surface area contributed by atoms with Gasteiger partial charge in [-0.1, -0.05) is 47.8 Å². The highest BCUT2D eigenvalue weighted by molar-refractivity contribution is 9.10. The van der Waals surface area contributed by atoms with Crippen molar-refractivity contribution in [2.45, 2.75) is 52.1 Å². The summed E-state index contributed by atoms with van der Waals surface area (Å²) in [6.07, 6.45) is 2.49. The Morgan fingerprint density at radius 3 is 2.57 bits per heavy atom. The molecule has 0 saturated heterocycles. The lowest BCUT2D eigenvalue weighted by Gasteiger charge is -2.21. The van der Waals surface area contributed by atoms with Gasteiger partial charge in [-0.15, -0.1) is 0 Å². The summed E-state index contributed by atoms with van der Waals surface area (Å²) in [6, 6.07) is 6.87. The minimum Gasteiger partial charge on any atom is -0.348 e. The predicted octanol–water partition coefficient (Wildman–Crippen LogP) is 3.50. The fourth-order valence-corrected chi connectivity index (χ4v) is 2.64. The van der Waals surface area contributed by atoms with E-state index in [1.165, 1.54) is 0 Å². The molecule has 0 aliphatic heterocycles. The SMILES string of the molecule is CCCCC(NC(=O)NCC)C(=O)NC(C)c1cccc(Br)c1. The van der Waals surface area contributed by atoms with Gasteiger partial charge in [-0.3, -0.25) is 4.79 Å². The Labute approximate surface area is 146 Å². The van der Waals surface area contributed by atoms with Crippen LogP contribution in [0.15, 0.2) is 28.7 Å². The Morgan fingerprint density at radius 1 is 1.22 bits per heavy atom. The Kier molecular flexibility index (Phi) is 8.69. The maximum atomic E-state index is 12.5. The van der Waals surface area contributed by atoms with Crippen molar-refractivity contribution in [1.29, 1.82) is 0 Å². The van der Waals surface area contributed by atoms with E-state index >= 15 is 0 Å². The maximum Gasteiger partial charge on any atom is 0.315 e. The van der Waals surface area contributed by atoms with Crippen molar-refractivity contribution in [3.63, 3.8) is 0 Å². The standard InChI is InChI=1S/C17H26BrN3O2/c1-4-6-10-15(21-17(23)19-5-2)16(22)20-12(3)13-8-7-9-14(18)11-13/h7-9,11-12,15H,4-6,10H2,1-3H3,(H,20,22)(H2,19,21,23). The number of urea groups is 1. The summed E-state index contributed by atoms with van der Waals surface area (Å²) in [6.45, 7) is 6.37. The van der Waals surface area contributed by atoms with Gasteiger partial charge in [0.25, 0.3) is 0 Å². The highest BCUT2D eigenvalue weighted by Gasteiger charge is 2.21. The molecule has 0 radical (unpaired) electrons. The van der Waals surface area contributed by atoms with Crippen LogP contribution >= 0.6 is 15.9 Å². The van der Waals surface area contributed by atoms with Crippen LogP contribution in [0.5, 0.6) is 0 Å². The third kappa shape index (κ3) is 7.03. The van der Waals surface area contributed by atoms with Crippen LogP contribution in [-0.2, 0) is 4.79 Å². The van der Waals surface area contributed by atoms with Gasteiger partial charge in [-0.2, -0.15) is 0 Å². The number of rotatable bonds is 8. The second kappa shape index (κ2) is 10.3. The Morgan fingerprint density at radius 2 is 1.96 bits per heavy atom. The molecule has 0 aliphatic rings. The van der Waals surface area contributed by atoms with E-state index in [-0.39, 0.29) is 18.0 Å². The van der Waals surface area contributed by atoms with Crippen LogP contribution in [0.2, 0.25) is 0 Å². The van der Waals surface area contributed by atoms with Gasteiger partial charge in [0.05, 0.1) is 6.04 Å². The lowest BCUT2D eigenvalue weighted by atomic mass is 10.1. The molecular formula is C17H26BrN3O2. The molecule has 1 aromatic carbocycles. The minimum atomic E-state index is -0.517. The van der Waals surface area contributed by atoms with Crippen molar-refractivity contribution in [3.05, 3.63) is 34.3 Å². The molecule has 0 aliphatic carbocycles. The summed E-state index contributed by atoms with van der Waals surface area (Å²) >= 11 is 3.43. The zero-order chi connectivity index (χ0) is 17.2. The average molecular weight is 384 g/mol. The van der Waals surface area contributed by atoms with Crippen LogP contribution in [0.1, 0.15) is 51.6 Å².